The van der Waals surface area contributed by atoms with Crippen molar-refractivity contribution in [1.82, 2.24) is 0 Å². The molecular formula is C35H68O. The summed E-state index contributed by atoms with van der Waals surface area (Å²) in [4.78, 5) is 0. The lowest BCUT2D eigenvalue weighted by molar-refractivity contribution is 0.152. The van der Waals surface area contributed by atoms with Crippen molar-refractivity contribution < 1.29 is 5.11 Å². The van der Waals surface area contributed by atoms with Crippen molar-refractivity contribution in [3.05, 3.63) is 24.8 Å². The van der Waals surface area contributed by atoms with Crippen LogP contribution in [0.2, 0.25) is 0 Å². The molecule has 1 heteroatoms. The Morgan fingerprint density at radius 3 is 1.22 bits per heavy atom. The Kier molecular flexibility index (Phi) is 32.0. The fraction of sp³-hybridized carbons (Fsp3) is 0.886. The first-order chi connectivity index (χ1) is 17.8. The van der Waals surface area contributed by atoms with Crippen LogP contribution in [0.25, 0.3) is 0 Å². The first kappa shape index (κ1) is 35.4. The molecule has 0 bridgehead atoms. The Morgan fingerprint density at radius 2 is 0.806 bits per heavy atom. The standard InChI is InChI=1S/C35H68O/c1-3-5-7-9-11-13-14-15-16-17-18-19-20-21-22-23-24-25-26-28-30-32-34-35(36)33-31-29-27-12-10-8-6-4-2/h4,27,29,35-36H,2-3,5-26,28,30-34H2,1H3/b29-27-/t35-/m1/s1. The molecule has 0 saturated heterocycles. The number of rotatable bonds is 31. The summed E-state index contributed by atoms with van der Waals surface area (Å²) in [5.74, 6) is 0. The highest BCUT2D eigenvalue weighted by molar-refractivity contribution is 4.82. The SMILES string of the molecule is C=CCCCC/C=C\CC[C@@H](O)CCCCCCCCCCCCCCCCCCCCCCCC. The molecule has 214 valence electrons. The third-order valence-electron chi connectivity index (χ3n) is 7.75. The van der Waals surface area contributed by atoms with E-state index < -0.39 is 0 Å². The number of aliphatic hydroxyl groups excluding tert-OH is 1. The van der Waals surface area contributed by atoms with Crippen LogP contribution in [-0.4, -0.2) is 11.2 Å². The molecule has 0 aromatic rings. The van der Waals surface area contributed by atoms with E-state index in [1.165, 1.54) is 161 Å². The van der Waals surface area contributed by atoms with Gasteiger partial charge < -0.3 is 5.11 Å². The molecule has 1 N–H and O–H groups in total. The Hall–Kier alpha value is -0.560. The second-order valence-corrected chi connectivity index (χ2v) is 11.5. The molecule has 0 unspecified atom stereocenters. The van der Waals surface area contributed by atoms with E-state index in [9.17, 15) is 5.11 Å². The van der Waals surface area contributed by atoms with E-state index in [-0.39, 0.29) is 6.10 Å². The molecule has 1 atom stereocenters. The minimum atomic E-state index is -0.0967. The molecule has 0 aliphatic heterocycles. The van der Waals surface area contributed by atoms with Crippen LogP contribution in [0.4, 0.5) is 0 Å². The van der Waals surface area contributed by atoms with Gasteiger partial charge in [-0.3, -0.25) is 0 Å². The van der Waals surface area contributed by atoms with Crippen LogP contribution in [0.3, 0.4) is 0 Å². The van der Waals surface area contributed by atoms with Crippen LogP contribution in [0.15, 0.2) is 24.8 Å². The lowest BCUT2D eigenvalue weighted by Gasteiger charge is -2.09. The zero-order valence-corrected chi connectivity index (χ0v) is 25.0. The number of hydrogen-bond acceptors (Lipinski definition) is 1. The van der Waals surface area contributed by atoms with E-state index in [2.05, 4.69) is 25.7 Å². The summed E-state index contributed by atoms with van der Waals surface area (Å²) < 4.78 is 0. The average Bonchev–Trinajstić information content (AvgIpc) is 2.88. The maximum atomic E-state index is 10.1. The Labute approximate surface area is 229 Å². The van der Waals surface area contributed by atoms with Crippen molar-refractivity contribution in [3.8, 4) is 0 Å². The van der Waals surface area contributed by atoms with Crippen molar-refractivity contribution in [1.29, 1.82) is 0 Å². The van der Waals surface area contributed by atoms with Gasteiger partial charge in [-0.25, -0.2) is 0 Å². The molecule has 1 nitrogen and oxygen atoms in total. The quantitative estimate of drug-likeness (QED) is 0.0735. The van der Waals surface area contributed by atoms with E-state index in [1.54, 1.807) is 0 Å². The molecule has 0 saturated carbocycles. The van der Waals surface area contributed by atoms with Crippen molar-refractivity contribution in [2.45, 2.75) is 199 Å². The first-order valence-corrected chi connectivity index (χ1v) is 16.7. The summed E-state index contributed by atoms with van der Waals surface area (Å²) in [6.07, 6.45) is 45.6. The zero-order valence-electron chi connectivity index (χ0n) is 25.0. The molecule has 0 amide bonds. The van der Waals surface area contributed by atoms with Crippen molar-refractivity contribution in [2.75, 3.05) is 0 Å². The highest BCUT2D eigenvalue weighted by atomic mass is 16.3. The molecule has 36 heavy (non-hydrogen) atoms. The highest BCUT2D eigenvalue weighted by Crippen LogP contribution is 2.16. The van der Waals surface area contributed by atoms with E-state index >= 15 is 0 Å². The Bertz CT molecular complexity index is 426. The van der Waals surface area contributed by atoms with Crippen LogP contribution in [-0.2, 0) is 0 Å². The molecular weight excluding hydrogens is 436 g/mol. The largest absolute Gasteiger partial charge is 0.393 e. The molecule has 0 heterocycles. The second-order valence-electron chi connectivity index (χ2n) is 11.5. The van der Waals surface area contributed by atoms with Gasteiger partial charge in [-0.1, -0.05) is 166 Å². The van der Waals surface area contributed by atoms with Crippen molar-refractivity contribution in [3.63, 3.8) is 0 Å². The van der Waals surface area contributed by atoms with E-state index in [0.29, 0.717) is 0 Å². The molecule has 0 fully saturated rings. The fourth-order valence-corrected chi connectivity index (χ4v) is 5.21. The lowest BCUT2D eigenvalue weighted by atomic mass is 10.0. The summed E-state index contributed by atoms with van der Waals surface area (Å²) in [6.45, 7) is 6.06. The predicted molar refractivity (Wildman–Crippen MR) is 165 cm³/mol. The van der Waals surface area contributed by atoms with Gasteiger partial charge in [0.25, 0.3) is 0 Å². The van der Waals surface area contributed by atoms with E-state index in [1.807, 2.05) is 6.08 Å². The summed E-state index contributed by atoms with van der Waals surface area (Å²) in [7, 11) is 0. The van der Waals surface area contributed by atoms with Crippen LogP contribution < -0.4 is 0 Å². The van der Waals surface area contributed by atoms with Crippen LogP contribution in [0.5, 0.6) is 0 Å². The Balaban J connectivity index is 3.14. The third-order valence-corrected chi connectivity index (χ3v) is 7.75. The van der Waals surface area contributed by atoms with Gasteiger partial charge in [0.1, 0.15) is 0 Å². The Morgan fingerprint density at radius 1 is 0.444 bits per heavy atom. The van der Waals surface area contributed by atoms with Gasteiger partial charge in [0.2, 0.25) is 0 Å². The average molecular weight is 505 g/mol. The minimum Gasteiger partial charge on any atom is -0.393 e. The van der Waals surface area contributed by atoms with E-state index in [4.69, 9.17) is 0 Å². The summed E-state index contributed by atoms with van der Waals surface area (Å²) in [5, 5.41) is 10.1. The molecule has 0 aliphatic carbocycles. The number of hydrogen-bond donors (Lipinski definition) is 1. The van der Waals surface area contributed by atoms with Gasteiger partial charge in [-0.15, -0.1) is 6.58 Å². The smallest absolute Gasteiger partial charge is 0.0543 e. The predicted octanol–water partition coefficient (Wildman–Crippen LogP) is 12.4. The van der Waals surface area contributed by atoms with Gasteiger partial charge >= 0.3 is 0 Å². The summed E-state index contributed by atoms with van der Waals surface area (Å²) >= 11 is 0. The van der Waals surface area contributed by atoms with Gasteiger partial charge in [0.15, 0.2) is 0 Å². The molecule has 0 radical (unpaired) electrons. The van der Waals surface area contributed by atoms with Gasteiger partial charge in [0.05, 0.1) is 6.10 Å². The molecule has 0 aromatic heterocycles. The molecule has 0 aromatic carbocycles. The van der Waals surface area contributed by atoms with Crippen LogP contribution >= 0.6 is 0 Å². The van der Waals surface area contributed by atoms with Crippen molar-refractivity contribution in [2.24, 2.45) is 0 Å². The summed E-state index contributed by atoms with van der Waals surface area (Å²) in [5.41, 5.74) is 0. The normalized spacial score (nSPS) is 12.5. The van der Waals surface area contributed by atoms with Gasteiger partial charge in [0, 0.05) is 0 Å². The number of allylic oxidation sites excluding steroid dienone is 3. The maximum Gasteiger partial charge on any atom is 0.0543 e. The van der Waals surface area contributed by atoms with Crippen LogP contribution in [0, 0.1) is 0 Å². The summed E-state index contributed by atoms with van der Waals surface area (Å²) in [6, 6.07) is 0. The zero-order chi connectivity index (χ0) is 26.2. The van der Waals surface area contributed by atoms with Gasteiger partial charge in [-0.05, 0) is 44.9 Å². The first-order valence-electron chi connectivity index (χ1n) is 16.7. The third kappa shape index (κ3) is 31.5. The lowest BCUT2D eigenvalue weighted by Crippen LogP contribution is -2.05. The highest BCUT2D eigenvalue weighted by Gasteiger charge is 2.02. The topological polar surface area (TPSA) is 20.2 Å². The van der Waals surface area contributed by atoms with Gasteiger partial charge in [-0.2, -0.15) is 0 Å². The fourth-order valence-electron chi connectivity index (χ4n) is 5.21. The number of aliphatic hydroxyl groups is 1. The monoisotopic (exact) mass is 505 g/mol. The number of unbranched alkanes of at least 4 members (excludes halogenated alkanes) is 24. The molecule has 0 spiro atoms. The molecule has 0 aliphatic rings. The van der Waals surface area contributed by atoms with Crippen LogP contribution in [0.1, 0.15) is 193 Å². The van der Waals surface area contributed by atoms with Crippen molar-refractivity contribution >= 4 is 0 Å². The minimum absolute atomic E-state index is 0.0967. The maximum absolute atomic E-state index is 10.1. The second kappa shape index (κ2) is 32.5. The van der Waals surface area contributed by atoms with E-state index in [0.717, 1.165) is 25.7 Å². The molecule has 0 rings (SSSR count).